The third kappa shape index (κ3) is 2.94. The number of carbonyl (C=O) groups is 3. The van der Waals surface area contributed by atoms with E-state index in [1.165, 1.54) is 30.6 Å². The second kappa shape index (κ2) is 6.48. The Hall–Kier alpha value is -1.62. The van der Waals surface area contributed by atoms with Crippen LogP contribution in [-0.4, -0.2) is 80.6 Å². The van der Waals surface area contributed by atoms with Gasteiger partial charge in [-0.05, 0) is 14.0 Å². The lowest BCUT2D eigenvalue weighted by Gasteiger charge is -2.43. The van der Waals surface area contributed by atoms with Crippen molar-refractivity contribution in [2.24, 2.45) is 11.7 Å². The molecule has 1 saturated heterocycles. The first kappa shape index (κ1) is 17.7. The fourth-order valence-corrected chi connectivity index (χ4v) is 4.42. The molecule has 128 valence electrons. The van der Waals surface area contributed by atoms with Crippen LogP contribution in [0.2, 0.25) is 0 Å². The summed E-state index contributed by atoms with van der Waals surface area (Å²) in [4.78, 5) is 37.8. The number of aliphatic carboxylic acids is 1. The minimum atomic E-state index is -1.25. The third-order valence-corrected chi connectivity index (χ3v) is 5.35. The van der Waals surface area contributed by atoms with Gasteiger partial charge in [-0.3, -0.25) is 19.4 Å². The molecule has 2 aliphatic rings. The average molecular weight is 345 g/mol. The number of aliphatic hydroxyl groups excluding tert-OH is 2. The first-order valence-corrected chi connectivity index (χ1v) is 7.83. The third-order valence-electron chi connectivity index (χ3n) is 4.00. The monoisotopic (exact) mass is 345 g/mol. The summed E-state index contributed by atoms with van der Waals surface area (Å²) < 4.78 is 0. The number of rotatable bonds is 7. The highest BCUT2D eigenvalue weighted by Crippen LogP contribution is 2.50. The predicted molar refractivity (Wildman–Crippen MR) is 80.8 cm³/mol. The van der Waals surface area contributed by atoms with Gasteiger partial charge < -0.3 is 21.1 Å². The highest BCUT2D eigenvalue weighted by Gasteiger charge is 2.57. The highest BCUT2D eigenvalue weighted by atomic mass is 32.2. The number of thioether (sulfide) groups is 1. The molecule has 0 unspecified atom stereocenters. The molecular weight excluding hydrogens is 326 g/mol. The van der Waals surface area contributed by atoms with Crippen molar-refractivity contribution in [2.45, 2.75) is 24.4 Å². The Morgan fingerprint density at radius 3 is 2.52 bits per heavy atom. The van der Waals surface area contributed by atoms with Crippen molar-refractivity contribution in [2.75, 3.05) is 20.2 Å². The number of nitrogens with two attached hydrogens (primary N) is 1. The van der Waals surface area contributed by atoms with Gasteiger partial charge in [0.05, 0.1) is 18.6 Å². The standard InChI is InChI=1S/C13H19N3O6S/c1-5(18)8-11(20)16-9(13(21)22)7(23-12(8)16)3-15(2)6(4-17)10(14)19/h5-6,8,12,17-18H,3-4H2,1-2H3,(H2,14,19)(H,21,22)/t5-,6+,8+,12-/m1/s1. The molecule has 0 aromatic carbocycles. The quantitative estimate of drug-likeness (QED) is 0.387. The van der Waals surface area contributed by atoms with Gasteiger partial charge in [-0.2, -0.15) is 0 Å². The second-order valence-electron chi connectivity index (χ2n) is 5.58. The van der Waals surface area contributed by atoms with E-state index in [9.17, 15) is 29.7 Å². The normalized spacial score (nSPS) is 26.1. The summed E-state index contributed by atoms with van der Waals surface area (Å²) in [6.45, 7) is 1.04. The van der Waals surface area contributed by atoms with Crippen LogP contribution in [0, 0.1) is 5.92 Å². The molecule has 23 heavy (non-hydrogen) atoms. The van der Waals surface area contributed by atoms with Gasteiger partial charge in [-0.1, -0.05) is 0 Å². The molecule has 4 atom stereocenters. The van der Waals surface area contributed by atoms with Crippen molar-refractivity contribution in [3.8, 4) is 0 Å². The number of carboxylic acids is 1. The molecule has 0 aromatic rings. The Kier molecular flexibility index (Phi) is 4.99. The maximum atomic E-state index is 12.1. The summed E-state index contributed by atoms with van der Waals surface area (Å²) in [7, 11) is 1.53. The van der Waals surface area contributed by atoms with Crippen LogP contribution in [0.4, 0.5) is 0 Å². The highest BCUT2D eigenvalue weighted by molar-refractivity contribution is 8.04. The van der Waals surface area contributed by atoms with E-state index in [0.717, 1.165) is 4.90 Å². The van der Waals surface area contributed by atoms with E-state index in [2.05, 4.69) is 0 Å². The van der Waals surface area contributed by atoms with Crippen LogP contribution in [-0.2, 0) is 14.4 Å². The molecule has 2 amide bonds. The molecule has 0 radical (unpaired) electrons. The number of nitrogens with zero attached hydrogens (tertiary/aromatic N) is 2. The van der Waals surface area contributed by atoms with Crippen molar-refractivity contribution in [1.82, 2.24) is 9.80 Å². The molecule has 0 spiro atoms. The Balaban J connectivity index is 2.23. The number of amides is 2. The minimum absolute atomic E-state index is 0.0489. The van der Waals surface area contributed by atoms with Crippen molar-refractivity contribution >= 4 is 29.5 Å². The molecule has 10 heteroatoms. The van der Waals surface area contributed by atoms with E-state index in [1.807, 2.05) is 0 Å². The summed E-state index contributed by atoms with van der Waals surface area (Å²) in [5, 5.41) is 27.8. The van der Waals surface area contributed by atoms with Gasteiger partial charge >= 0.3 is 5.97 Å². The predicted octanol–water partition coefficient (Wildman–Crippen LogP) is -2.03. The number of β-lactam (4-membered cyclic amide) rings is 1. The summed E-state index contributed by atoms with van der Waals surface area (Å²) in [6, 6.07) is -0.949. The van der Waals surface area contributed by atoms with Crippen LogP contribution in [0.15, 0.2) is 10.6 Å². The number of hydrogen-bond acceptors (Lipinski definition) is 7. The number of primary amides is 1. The Morgan fingerprint density at radius 2 is 2.09 bits per heavy atom. The molecule has 9 nitrogen and oxygen atoms in total. The van der Waals surface area contributed by atoms with Gasteiger partial charge in [0.25, 0.3) is 0 Å². The number of carbonyl (C=O) groups excluding carboxylic acids is 2. The average Bonchev–Trinajstić information content (AvgIpc) is 2.73. The van der Waals surface area contributed by atoms with Crippen molar-refractivity contribution in [1.29, 1.82) is 0 Å². The zero-order valence-electron chi connectivity index (χ0n) is 12.7. The molecule has 2 aliphatic heterocycles. The van der Waals surface area contributed by atoms with Crippen LogP contribution in [0.5, 0.6) is 0 Å². The zero-order valence-corrected chi connectivity index (χ0v) is 13.5. The topological polar surface area (TPSA) is 144 Å². The first-order chi connectivity index (χ1) is 10.7. The minimum Gasteiger partial charge on any atom is -0.477 e. The van der Waals surface area contributed by atoms with Gasteiger partial charge in [-0.25, -0.2) is 4.79 Å². The summed E-state index contributed by atoms with van der Waals surface area (Å²) in [5.41, 5.74) is 5.05. The zero-order chi connectivity index (χ0) is 17.5. The van der Waals surface area contributed by atoms with Crippen LogP contribution < -0.4 is 5.73 Å². The number of hydrogen-bond donors (Lipinski definition) is 4. The van der Waals surface area contributed by atoms with Crippen LogP contribution >= 0.6 is 11.8 Å². The van der Waals surface area contributed by atoms with E-state index in [4.69, 9.17) is 5.73 Å². The number of fused-ring (bicyclic) bond motifs is 1. The van der Waals surface area contributed by atoms with Gasteiger partial charge in [-0.15, -0.1) is 11.8 Å². The summed E-state index contributed by atoms with van der Waals surface area (Å²) >= 11 is 1.17. The van der Waals surface area contributed by atoms with Crippen LogP contribution in [0.25, 0.3) is 0 Å². The van der Waals surface area contributed by atoms with Gasteiger partial charge in [0.15, 0.2) is 0 Å². The lowest BCUT2D eigenvalue weighted by Crippen LogP contribution is -2.60. The molecular formula is C13H19N3O6S. The molecule has 0 saturated carbocycles. The van der Waals surface area contributed by atoms with E-state index < -0.39 is 47.8 Å². The lowest BCUT2D eigenvalue weighted by atomic mass is 9.92. The van der Waals surface area contributed by atoms with E-state index >= 15 is 0 Å². The van der Waals surface area contributed by atoms with Crippen molar-refractivity contribution in [3.05, 3.63) is 10.6 Å². The van der Waals surface area contributed by atoms with Crippen LogP contribution in [0.3, 0.4) is 0 Å². The Labute approximate surface area is 136 Å². The molecule has 1 fully saturated rings. The van der Waals surface area contributed by atoms with Crippen LogP contribution in [0.1, 0.15) is 6.92 Å². The maximum Gasteiger partial charge on any atom is 0.353 e. The first-order valence-electron chi connectivity index (χ1n) is 6.95. The summed E-state index contributed by atoms with van der Waals surface area (Å²) in [5.74, 6) is -3.06. The fourth-order valence-electron chi connectivity index (χ4n) is 2.75. The second-order valence-corrected chi connectivity index (χ2v) is 6.79. The fraction of sp³-hybridized carbons (Fsp3) is 0.615. The number of aliphatic hydroxyl groups is 2. The Bertz CT molecular complexity index is 578. The Morgan fingerprint density at radius 1 is 1.48 bits per heavy atom. The van der Waals surface area contributed by atoms with E-state index in [0.29, 0.717) is 4.91 Å². The maximum absolute atomic E-state index is 12.1. The van der Waals surface area contributed by atoms with Gasteiger partial charge in [0.1, 0.15) is 17.1 Å². The smallest absolute Gasteiger partial charge is 0.353 e. The van der Waals surface area contributed by atoms with Crippen molar-refractivity contribution < 1.29 is 29.7 Å². The SMILES string of the molecule is C[C@@H](O)[C@H]1C(=O)N2C(C(=O)O)=C(CN(C)[C@@H](CO)C(N)=O)S[C@H]12. The van der Waals surface area contributed by atoms with Gasteiger partial charge in [0, 0.05) is 11.4 Å². The molecule has 5 N–H and O–H groups in total. The molecule has 0 aromatic heterocycles. The largest absolute Gasteiger partial charge is 0.477 e. The van der Waals surface area contributed by atoms with Gasteiger partial charge in [0.2, 0.25) is 11.8 Å². The molecule has 0 bridgehead atoms. The lowest BCUT2D eigenvalue weighted by molar-refractivity contribution is -0.156. The molecule has 2 heterocycles. The number of likely N-dealkylation sites (N-methyl/N-ethyl adjacent to an activating group) is 1. The number of carboxylic acid groups (broad SMARTS) is 1. The van der Waals surface area contributed by atoms with Crippen molar-refractivity contribution in [3.63, 3.8) is 0 Å². The molecule has 2 rings (SSSR count). The van der Waals surface area contributed by atoms with E-state index in [1.54, 1.807) is 0 Å². The molecule has 0 aliphatic carbocycles. The van der Waals surface area contributed by atoms with E-state index in [-0.39, 0.29) is 12.2 Å². The summed E-state index contributed by atoms with van der Waals surface area (Å²) in [6.07, 6.45) is -0.876.